The third-order valence-electron chi connectivity index (χ3n) is 30.3. The molecule has 1 aromatic heterocycles. The van der Waals surface area contributed by atoms with Crippen LogP contribution >= 0.6 is 0 Å². The van der Waals surface area contributed by atoms with Crippen molar-refractivity contribution in [3.05, 3.63) is 24.3 Å². The number of unbranched alkanes of at least 4 members (excludes halogenated alkanes) is 1. The van der Waals surface area contributed by atoms with E-state index in [4.69, 9.17) is 5.73 Å². The molecule has 11 fully saturated rings. The molecule has 0 radical (unpaired) electrons. The number of piperidine rings is 2. The molecule has 4 heterocycles. The van der Waals surface area contributed by atoms with Gasteiger partial charge in [-0.1, -0.05) is 187 Å². The molecule has 35 nitrogen and oxygen atoms in total. The Hall–Kier alpha value is -9.25. The summed E-state index contributed by atoms with van der Waals surface area (Å²) in [6.45, 7) is 40.4. The summed E-state index contributed by atoms with van der Waals surface area (Å²) >= 11 is 0. The number of ketones is 3. The molecule has 8 aliphatic carbocycles. The Morgan fingerprint density at radius 1 is 0.489 bits per heavy atom. The number of aromatic nitrogens is 2. The average Bonchev–Trinajstić information content (AvgIpc) is 1.52. The molecule has 13 N–H and O–H groups in total. The highest BCUT2D eigenvalue weighted by atomic mass is 32.2. The van der Waals surface area contributed by atoms with Gasteiger partial charge >= 0.3 is 12.1 Å². The van der Waals surface area contributed by atoms with Crippen molar-refractivity contribution in [3.63, 3.8) is 0 Å². The minimum Gasteiger partial charge on any atom is -0.363 e. The van der Waals surface area contributed by atoms with Gasteiger partial charge in [0.1, 0.15) is 48.0 Å². The molecule has 135 heavy (non-hydrogen) atoms. The summed E-state index contributed by atoms with van der Waals surface area (Å²) in [5.41, 5.74) is 1.50. The van der Waals surface area contributed by atoms with Gasteiger partial charge in [-0.3, -0.25) is 72.1 Å². The van der Waals surface area contributed by atoms with Crippen molar-refractivity contribution in [2.75, 3.05) is 25.4 Å². The fourth-order valence-electron chi connectivity index (χ4n) is 21.5. The summed E-state index contributed by atoms with van der Waals surface area (Å²) in [5, 5.41) is 31.4. The molecule has 16 atom stereocenters. The topological polar surface area (TPSA) is 501 Å². The SMILES string of the molecule is CC(C)(C)NC(=O)N[C@H](C(=O)N1CC2C([C@H]1C(=O)NC(CC1CCC1)C(=O)C(N)=O)C2(C)C)C(C)(C)C.CCCC(NC(=O)[C@@H]1[C@H]2CCC[C@H]2CN1C(=O)[C@@H](NC(=O)[C@@H](NC(=O)c1cnccn1)C1CCCCC1)C(C)(C)C)C(=O)C(=O)NC1CC1.CCCC[C@H](NC(=O)[C@@H]1C2C(CN1C(=O)[C@@H](NC(=O)NC1(CS(=O)(=O)C(C)(C)C)CCCCC1)C(C)(C)C)C2(C)C)C(=O)C(=O)NC1CC1. The third-order valence-corrected chi connectivity index (χ3v) is 33.1. The monoisotopic (exact) mass is 1910 g/mol. The van der Waals surface area contributed by atoms with Gasteiger partial charge in [0.25, 0.3) is 23.6 Å². The second-order valence-electron chi connectivity index (χ2n) is 47.2. The number of amides is 15. The minimum atomic E-state index is -3.56. The van der Waals surface area contributed by atoms with Gasteiger partial charge in [-0.2, -0.15) is 0 Å². The molecule has 3 aliphatic heterocycles. The Labute approximate surface area is 798 Å². The van der Waals surface area contributed by atoms with Gasteiger partial charge in [-0.15, -0.1) is 0 Å². The Balaban J connectivity index is 0.000000212. The summed E-state index contributed by atoms with van der Waals surface area (Å²) in [5.74, 6) is -8.05. The maximum absolute atomic E-state index is 14.6. The second-order valence-corrected chi connectivity index (χ2v) is 49.9. The number of rotatable bonds is 34. The van der Waals surface area contributed by atoms with Crippen molar-refractivity contribution in [1.82, 2.24) is 83.2 Å². The number of urea groups is 2. The average molecular weight is 1910 g/mol. The molecule has 0 aromatic carbocycles. The number of fused-ring (bicyclic) bond motifs is 3. The van der Waals surface area contributed by atoms with Crippen LogP contribution in [-0.4, -0.2) is 241 Å². The first-order valence-electron chi connectivity index (χ1n) is 49.9. The number of nitrogens with two attached hydrogens (primary N) is 1. The number of sulfone groups is 1. The largest absolute Gasteiger partial charge is 0.363 e. The highest BCUT2D eigenvalue weighted by Gasteiger charge is 2.72. The molecule has 0 spiro atoms. The van der Waals surface area contributed by atoms with Crippen LogP contribution in [0.25, 0.3) is 0 Å². The first-order valence-corrected chi connectivity index (χ1v) is 51.6. The van der Waals surface area contributed by atoms with Gasteiger partial charge in [-0.05, 0) is 199 Å². The summed E-state index contributed by atoms with van der Waals surface area (Å²) < 4.78 is 25.6. The zero-order valence-corrected chi connectivity index (χ0v) is 84.9. The fourth-order valence-corrected chi connectivity index (χ4v) is 23.0. The zero-order valence-electron chi connectivity index (χ0n) is 84.1. The Morgan fingerprint density at radius 3 is 1.39 bits per heavy atom. The lowest BCUT2D eigenvalue weighted by Crippen LogP contribution is -2.64. The van der Waals surface area contributed by atoms with E-state index in [0.717, 1.165) is 122 Å². The number of nitrogens with one attached hydrogen (secondary N) is 11. The van der Waals surface area contributed by atoms with Crippen molar-refractivity contribution in [2.24, 2.45) is 80.2 Å². The van der Waals surface area contributed by atoms with Crippen LogP contribution in [0.15, 0.2) is 18.6 Å². The van der Waals surface area contributed by atoms with E-state index in [-0.39, 0.29) is 93.5 Å². The van der Waals surface area contributed by atoms with Crippen LogP contribution in [0.2, 0.25) is 0 Å². The number of Topliss-reactive ketones (excluding diaryl/α,β-unsaturated/α-hetero) is 3. The van der Waals surface area contributed by atoms with Crippen molar-refractivity contribution < 1.29 is 85.1 Å². The lowest BCUT2D eigenvalue weighted by Gasteiger charge is -2.41. The minimum absolute atomic E-state index is 0.00450. The van der Waals surface area contributed by atoms with Crippen LogP contribution in [0.3, 0.4) is 0 Å². The van der Waals surface area contributed by atoms with Crippen LogP contribution in [0.1, 0.15) is 323 Å². The molecule has 1 aromatic rings. The number of hydrogen-bond donors (Lipinski definition) is 12. The smallest absolute Gasteiger partial charge is 0.315 e. The number of carbonyl (C=O) groups excluding carboxylic acids is 16. The van der Waals surface area contributed by atoms with Crippen molar-refractivity contribution >= 4 is 104 Å². The third kappa shape index (κ3) is 26.8. The molecular formula is C99H159N17O18S. The van der Waals surface area contributed by atoms with Gasteiger partial charge in [0.2, 0.25) is 58.7 Å². The second kappa shape index (κ2) is 43.0. The van der Waals surface area contributed by atoms with Gasteiger partial charge in [-0.25, -0.2) is 23.0 Å². The Morgan fingerprint density at radius 2 is 0.948 bits per heavy atom. The van der Waals surface area contributed by atoms with Crippen molar-refractivity contribution in [3.8, 4) is 0 Å². The summed E-state index contributed by atoms with van der Waals surface area (Å²) in [4.78, 5) is 227. The molecule has 754 valence electrons. The summed E-state index contributed by atoms with van der Waals surface area (Å²) in [7, 11) is -3.56. The van der Waals surface area contributed by atoms with E-state index in [1.165, 1.54) is 23.5 Å². The lowest BCUT2D eigenvalue weighted by atomic mass is 9.80. The zero-order chi connectivity index (χ0) is 100. The van der Waals surface area contributed by atoms with E-state index >= 15 is 0 Å². The molecule has 0 bridgehead atoms. The highest BCUT2D eigenvalue weighted by molar-refractivity contribution is 7.92. The number of primary amides is 1. The van der Waals surface area contributed by atoms with E-state index < -0.39 is 185 Å². The van der Waals surface area contributed by atoms with Gasteiger partial charge < -0.3 is 78.9 Å². The number of hydrogen-bond acceptors (Lipinski definition) is 20. The molecular weight excluding hydrogens is 1750 g/mol. The molecule has 36 heteroatoms. The quantitative estimate of drug-likeness (QED) is 0.0293. The molecule has 15 amide bonds. The standard InChI is InChI=1S/C36H53N7O6.C36H61N5O7S.C27H45N5O5/c1-5-10-25(29(44)34(48)39-23-15-16-23)40-33(47)28-24-14-9-13-22(24)20-43(28)35(49)30(36(2,3)4)42-32(46)27(21-11-7-6-8-12-21)41-31(45)26-19-37-17-18-38-26;1-10-11-15-24(27(42)30(44)37-22-16-17-22)38-29(43)26-25-23(35(25,8)9)20-41(26)31(45)28(33(2,3)4)39-32(46)40-36(18-13-12-14-19-36)21-49(47,48)34(5,6)7;1-25(2,3)20(30-24(37)31-26(4,5)6)23(36)32-13-15-17(27(15,7)8)18(32)22(35)29-16(19(33)21(28)34)12-14-10-9-11-14/h17-19,21-25,27-28,30H,5-16,20H2,1-4H3,(H,39,48)(H,40,47)(H,41,45)(H,42,46);22-26,28H,10-21H2,1-9H3,(H,37,44)(H,38,43)(H2,39,40,46);14-18,20H,9-13H2,1-8H3,(H2,28,34)(H,29,35)(H2,30,31,37)/t22-,24-,25?,27-,28-,30+;23?,24-,25?,26-,28+;15?,16?,17?,18-,20+/m000/s1. The van der Waals surface area contributed by atoms with E-state index in [1.807, 2.05) is 96.9 Å². The predicted molar refractivity (Wildman–Crippen MR) is 508 cm³/mol. The van der Waals surface area contributed by atoms with Crippen LogP contribution < -0.4 is 64.2 Å². The first kappa shape index (κ1) is 108. The normalized spacial score (nSPS) is 25.3. The van der Waals surface area contributed by atoms with Crippen molar-refractivity contribution in [1.29, 1.82) is 0 Å². The van der Waals surface area contributed by atoms with Crippen LogP contribution in [-0.2, 0) is 72.2 Å². The van der Waals surface area contributed by atoms with Crippen molar-refractivity contribution in [2.45, 2.75) is 401 Å². The van der Waals surface area contributed by atoms with Gasteiger partial charge in [0.15, 0.2) is 9.84 Å². The number of likely N-dealkylation sites (tertiary alicyclic amines) is 3. The number of nitrogens with zero attached hydrogens (tertiary/aromatic N) is 5. The maximum atomic E-state index is 14.6. The lowest BCUT2D eigenvalue weighted by molar-refractivity contribution is -0.146. The summed E-state index contributed by atoms with van der Waals surface area (Å²) in [6, 6.07) is -10.3. The van der Waals surface area contributed by atoms with E-state index in [9.17, 15) is 85.1 Å². The molecule has 11 aliphatic rings. The van der Waals surface area contributed by atoms with E-state index in [1.54, 1.807) is 30.6 Å². The predicted octanol–water partition coefficient (Wildman–Crippen LogP) is 7.78. The van der Waals surface area contributed by atoms with Gasteiger partial charge in [0, 0.05) is 49.7 Å². The van der Waals surface area contributed by atoms with Crippen LogP contribution in [0, 0.1) is 74.4 Å². The highest BCUT2D eigenvalue weighted by Crippen LogP contribution is 2.66. The molecule has 12 rings (SSSR count). The maximum Gasteiger partial charge on any atom is 0.315 e. The molecule has 6 unspecified atom stereocenters. The van der Waals surface area contributed by atoms with Crippen LogP contribution in [0.5, 0.6) is 0 Å². The first-order chi connectivity index (χ1) is 62.8. The van der Waals surface area contributed by atoms with E-state index in [2.05, 4.69) is 96.1 Å². The molecule has 3 saturated heterocycles. The van der Waals surface area contributed by atoms with E-state index in [0.29, 0.717) is 64.6 Å². The molecule has 8 saturated carbocycles. The Bertz CT molecular complexity index is 4660. The van der Waals surface area contributed by atoms with Gasteiger partial charge in [0.05, 0.1) is 40.4 Å². The Kier molecular flexibility index (Phi) is 34.3. The van der Waals surface area contributed by atoms with Crippen LogP contribution in [0.4, 0.5) is 9.59 Å². The number of carbonyl (C=O) groups is 16. The fraction of sp³-hybridized carbons (Fsp3) is 0.798. The summed E-state index contributed by atoms with van der Waals surface area (Å²) in [6.07, 6.45) is 24.1.